The third kappa shape index (κ3) is 1.12. The minimum absolute atomic E-state index is 0.752. The molecule has 0 saturated carbocycles. The summed E-state index contributed by atoms with van der Waals surface area (Å²) in [5.74, 6) is 3.34. The molecule has 0 fully saturated rings. The SMILES string of the molecule is C#Cc1cnn2cc(C)cc(OC)c12. The lowest BCUT2D eigenvalue weighted by Gasteiger charge is -2.04. The minimum atomic E-state index is 0.752. The van der Waals surface area contributed by atoms with Crippen molar-refractivity contribution in [3.8, 4) is 18.1 Å². The fraction of sp³-hybridized carbons (Fsp3) is 0.182. The first-order valence-corrected chi connectivity index (χ1v) is 4.25. The van der Waals surface area contributed by atoms with Gasteiger partial charge in [-0.25, -0.2) is 4.52 Å². The van der Waals surface area contributed by atoms with Crippen LogP contribution in [0.15, 0.2) is 18.5 Å². The smallest absolute Gasteiger partial charge is 0.146 e. The number of aryl methyl sites for hydroxylation is 1. The fourth-order valence-electron chi connectivity index (χ4n) is 1.47. The predicted octanol–water partition coefficient (Wildman–Crippen LogP) is 1.63. The minimum Gasteiger partial charge on any atom is -0.494 e. The number of pyridine rings is 1. The number of hydrogen-bond donors (Lipinski definition) is 0. The van der Waals surface area contributed by atoms with Crippen molar-refractivity contribution in [2.45, 2.75) is 6.92 Å². The zero-order chi connectivity index (χ0) is 10.1. The summed E-state index contributed by atoms with van der Waals surface area (Å²) >= 11 is 0. The Morgan fingerprint density at radius 2 is 2.36 bits per heavy atom. The summed E-state index contributed by atoms with van der Waals surface area (Å²) in [7, 11) is 1.63. The van der Waals surface area contributed by atoms with Gasteiger partial charge >= 0.3 is 0 Å². The Morgan fingerprint density at radius 1 is 1.57 bits per heavy atom. The van der Waals surface area contributed by atoms with Gasteiger partial charge < -0.3 is 4.74 Å². The lowest BCUT2D eigenvalue weighted by Crippen LogP contribution is -1.93. The number of methoxy groups -OCH3 is 1. The summed E-state index contributed by atoms with van der Waals surface area (Å²) in [6.07, 6.45) is 8.94. The molecular formula is C11H10N2O. The van der Waals surface area contributed by atoms with E-state index >= 15 is 0 Å². The van der Waals surface area contributed by atoms with E-state index in [1.165, 1.54) is 0 Å². The van der Waals surface area contributed by atoms with Crippen LogP contribution in [-0.4, -0.2) is 16.7 Å². The zero-order valence-electron chi connectivity index (χ0n) is 8.11. The summed E-state index contributed by atoms with van der Waals surface area (Å²) in [4.78, 5) is 0. The number of aromatic nitrogens is 2. The standard InChI is InChI=1S/C11H10N2O/c1-4-9-6-12-13-7-8(2)5-10(14-3)11(9)13/h1,5-7H,2-3H3. The van der Waals surface area contributed by atoms with Crippen molar-refractivity contribution in [3.63, 3.8) is 0 Å². The molecule has 0 atom stereocenters. The van der Waals surface area contributed by atoms with Gasteiger partial charge in [-0.15, -0.1) is 6.42 Å². The molecule has 0 aliphatic heterocycles. The van der Waals surface area contributed by atoms with Gasteiger partial charge in [0.2, 0.25) is 0 Å². The van der Waals surface area contributed by atoms with Crippen molar-refractivity contribution in [1.82, 2.24) is 9.61 Å². The van der Waals surface area contributed by atoms with E-state index in [9.17, 15) is 0 Å². The Morgan fingerprint density at radius 3 is 3.00 bits per heavy atom. The van der Waals surface area contributed by atoms with E-state index < -0.39 is 0 Å². The lowest BCUT2D eigenvalue weighted by atomic mass is 10.2. The van der Waals surface area contributed by atoms with Crippen molar-refractivity contribution < 1.29 is 4.74 Å². The molecule has 2 rings (SSSR count). The molecule has 0 saturated heterocycles. The van der Waals surface area contributed by atoms with E-state index in [1.807, 2.05) is 19.2 Å². The molecule has 2 aromatic rings. The Labute approximate surface area is 82.3 Å². The normalized spacial score (nSPS) is 10.1. The van der Waals surface area contributed by atoms with Crippen molar-refractivity contribution in [1.29, 1.82) is 0 Å². The molecule has 0 unspecified atom stereocenters. The van der Waals surface area contributed by atoms with Crippen molar-refractivity contribution in [2.75, 3.05) is 7.11 Å². The van der Waals surface area contributed by atoms with Crippen molar-refractivity contribution >= 4 is 5.52 Å². The number of rotatable bonds is 1. The molecule has 2 aromatic heterocycles. The average Bonchev–Trinajstić information content (AvgIpc) is 2.59. The molecule has 0 aliphatic carbocycles. The number of fused-ring (bicyclic) bond motifs is 1. The summed E-state index contributed by atoms with van der Waals surface area (Å²) in [5, 5.41) is 4.15. The van der Waals surface area contributed by atoms with Crippen LogP contribution in [0.4, 0.5) is 0 Å². The maximum atomic E-state index is 5.36. The van der Waals surface area contributed by atoms with Gasteiger partial charge in [-0.2, -0.15) is 5.10 Å². The van der Waals surface area contributed by atoms with Gasteiger partial charge in [0, 0.05) is 6.20 Å². The summed E-state index contributed by atoms with van der Waals surface area (Å²) in [6.45, 7) is 1.99. The second kappa shape index (κ2) is 3.08. The maximum Gasteiger partial charge on any atom is 0.146 e. The van der Waals surface area contributed by atoms with Gasteiger partial charge in [0.15, 0.2) is 0 Å². The molecule has 2 heterocycles. The molecule has 3 heteroatoms. The van der Waals surface area contributed by atoms with Gasteiger partial charge in [-0.05, 0) is 18.6 Å². The molecule has 0 N–H and O–H groups in total. The first-order chi connectivity index (χ1) is 6.76. The highest BCUT2D eigenvalue weighted by Gasteiger charge is 2.08. The van der Waals surface area contributed by atoms with Crippen molar-refractivity contribution in [3.05, 3.63) is 29.6 Å². The van der Waals surface area contributed by atoms with Gasteiger partial charge in [0.25, 0.3) is 0 Å². The van der Waals surface area contributed by atoms with Crippen LogP contribution in [0.1, 0.15) is 11.1 Å². The van der Waals surface area contributed by atoms with E-state index in [4.69, 9.17) is 11.2 Å². The third-order valence-electron chi connectivity index (χ3n) is 2.09. The second-order valence-electron chi connectivity index (χ2n) is 3.08. The molecule has 0 aromatic carbocycles. The molecule has 0 bridgehead atoms. The van der Waals surface area contributed by atoms with E-state index in [-0.39, 0.29) is 0 Å². The number of terminal acetylenes is 1. The molecular weight excluding hydrogens is 176 g/mol. The molecule has 0 spiro atoms. The van der Waals surface area contributed by atoms with Gasteiger partial charge in [0.1, 0.15) is 11.3 Å². The molecule has 70 valence electrons. The van der Waals surface area contributed by atoms with E-state index in [2.05, 4.69) is 11.0 Å². The van der Waals surface area contributed by atoms with Gasteiger partial charge in [-0.3, -0.25) is 0 Å². The highest BCUT2D eigenvalue weighted by atomic mass is 16.5. The Bertz CT molecular complexity index is 520. The zero-order valence-corrected chi connectivity index (χ0v) is 8.11. The van der Waals surface area contributed by atoms with Crippen LogP contribution in [0.5, 0.6) is 5.75 Å². The Balaban J connectivity index is 2.87. The molecule has 14 heavy (non-hydrogen) atoms. The second-order valence-corrected chi connectivity index (χ2v) is 3.08. The first kappa shape index (κ1) is 8.64. The number of hydrogen-bond acceptors (Lipinski definition) is 2. The van der Waals surface area contributed by atoms with Crippen LogP contribution in [0, 0.1) is 19.3 Å². The van der Waals surface area contributed by atoms with Crippen molar-refractivity contribution in [2.24, 2.45) is 0 Å². The highest BCUT2D eigenvalue weighted by Crippen LogP contribution is 2.23. The van der Waals surface area contributed by atoms with E-state index in [1.54, 1.807) is 17.8 Å². The fourth-order valence-corrected chi connectivity index (χ4v) is 1.47. The summed E-state index contributed by atoms with van der Waals surface area (Å²) in [6, 6.07) is 1.94. The summed E-state index contributed by atoms with van der Waals surface area (Å²) in [5.41, 5.74) is 2.68. The van der Waals surface area contributed by atoms with Gasteiger partial charge in [-0.1, -0.05) is 5.92 Å². The van der Waals surface area contributed by atoms with Crippen LogP contribution in [-0.2, 0) is 0 Å². The quantitative estimate of drug-likeness (QED) is 0.633. The summed E-state index contributed by atoms with van der Waals surface area (Å²) < 4.78 is 6.99. The van der Waals surface area contributed by atoms with Crippen LogP contribution >= 0.6 is 0 Å². The predicted molar refractivity (Wildman–Crippen MR) is 54.4 cm³/mol. The van der Waals surface area contributed by atoms with Crippen LogP contribution in [0.3, 0.4) is 0 Å². The van der Waals surface area contributed by atoms with E-state index in [0.717, 1.165) is 22.4 Å². The molecule has 0 aliphatic rings. The lowest BCUT2D eigenvalue weighted by molar-refractivity contribution is 0.417. The molecule has 0 amide bonds. The average molecular weight is 186 g/mol. The number of nitrogens with zero attached hydrogens (tertiary/aromatic N) is 2. The first-order valence-electron chi connectivity index (χ1n) is 4.25. The monoisotopic (exact) mass is 186 g/mol. The number of ether oxygens (including phenoxy) is 1. The third-order valence-corrected chi connectivity index (χ3v) is 2.09. The van der Waals surface area contributed by atoms with E-state index in [0.29, 0.717) is 0 Å². The maximum absolute atomic E-state index is 5.36. The topological polar surface area (TPSA) is 26.5 Å². The van der Waals surface area contributed by atoms with Crippen LogP contribution in [0.2, 0.25) is 0 Å². The highest BCUT2D eigenvalue weighted by molar-refractivity contribution is 5.70. The molecule has 0 radical (unpaired) electrons. The Kier molecular flexibility index (Phi) is 1.90. The largest absolute Gasteiger partial charge is 0.494 e. The van der Waals surface area contributed by atoms with Crippen LogP contribution in [0.25, 0.3) is 5.52 Å². The molecule has 3 nitrogen and oxygen atoms in total. The van der Waals surface area contributed by atoms with Gasteiger partial charge in [0.05, 0.1) is 18.9 Å². The Hall–Kier alpha value is -1.95. The van der Waals surface area contributed by atoms with Crippen LogP contribution < -0.4 is 4.74 Å².